The van der Waals surface area contributed by atoms with E-state index in [1.165, 1.54) is 24.8 Å². The number of rotatable bonds is 10. The number of unbranched alkanes of at least 4 members (excludes halogenated alkanes) is 2. The molecule has 0 saturated carbocycles. The minimum atomic E-state index is 0.649. The molecule has 0 fully saturated rings. The van der Waals surface area contributed by atoms with Crippen LogP contribution in [0.3, 0.4) is 0 Å². The van der Waals surface area contributed by atoms with Gasteiger partial charge in [-0.05, 0) is 64.4 Å². The Morgan fingerprint density at radius 2 is 1.65 bits per heavy atom. The van der Waals surface area contributed by atoms with Gasteiger partial charge in [0.25, 0.3) is 0 Å². The largest absolute Gasteiger partial charge is 0.490 e. The SMILES string of the molecule is CCOc1cc(Br)c(CCCCCNC)cc1OCC. The highest BCUT2D eigenvalue weighted by Crippen LogP contribution is 2.34. The fourth-order valence-electron chi connectivity index (χ4n) is 2.10. The van der Waals surface area contributed by atoms with E-state index in [9.17, 15) is 0 Å². The molecule has 0 amide bonds. The average Bonchev–Trinajstić information content (AvgIpc) is 2.43. The summed E-state index contributed by atoms with van der Waals surface area (Å²) in [6, 6.07) is 4.13. The standard InChI is InChI=1S/C16H26BrNO2/c1-4-19-15-11-13(9-7-6-8-10-18-3)14(17)12-16(15)20-5-2/h11-12,18H,4-10H2,1-3H3. The highest BCUT2D eigenvalue weighted by molar-refractivity contribution is 9.10. The topological polar surface area (TPSA) is 30.5 Å². The third-order valence-electron chi connectivity index (χ3n) is 3.09. The van der Waals surface area contributed by atoms with Crippen molar-refractivity contribution >= 4 is 15.9 Å². The van der Waals surface area contributed by atoms with Gasteiger partial charge in [-0.15, -0.1) is 0 Å². The first-order valence-electron chi connectivity index (χ1n) is 7.45. The zero-order valence-electron chi connectivity index (χ0n) is 12.8. The Balaban J connectivity index is 2.67. The summed E-state index contributed by atoms with van der Waals surface area (Å²) in [6.07, 6.45) is 4.73. The molecule has 0 aliphatic rings. The van der Waals surface area contributed by atoms with E-state index in [1.54, 1.807) is 0 Å². The molecule has 114 valence electrons. The second-order valence-electron chi connectivity index (χ2n) is 4.67. The van der Waals surface area contributed by atoms with E-state index in [-0.39, 0.29) is 0 Å². The van der Waals surface area contributed by atoms with Crippen LogP contribution in [0.25, 0.3) is 0 Å². The van der Waals surface area contributed by atoms with E-state index in [1.807, 2.05) is 27.0 Å². The molecule has 3 nitrogen and oxygen atoms in total. The first kappa shape index (κ1) is 17.3. The summed E-state index contributed by atoms with van der Waals surface area (Å²) in [5.74, 6) is 1.67. The Morgan fingerprint density at radius 3 is 2.25 bits per heavy atom. The first-order valence-corrected chi connectivity index (χ1v) is 8.24. The lowest BCUT2D eigenvalue weighted by molar-refractivity contribution is 0.287. The highest BCUT2D eigenvalue weighted by Gasteiger charge is 2.10. The van der Waals surface area contributed by atoms with Gasteiger partial charge in [0.05, 0.1) is 13.2 Å². The number of halogens is 1. The van der Waals surface area contributed by atoms with Gasteiger partial charge in [-0.2, -0.15) is 0 Å². The Hall–Kier alpha value is -0.740. The van der Waals surface area contributed by atoms with Gasteiger partial charge >= 0.3 is 0 Å². The van der Waals surface area contributed by atoms with Crippen LogP contribution in [0.15, 0.2) is 16.6 Å². The van der Waals surface area contributed by atoms with Crippen molar-refractivity contribution in [3.05, 3.63) is 22.2 Å². The Kier molecular flexibility index (Phi) is 8.70. The Labute approximate surface area is 131 Å². The molecule has 1 aromatic rings. The number of nitrogens with one attached hydrogen (secondary N) is 1. The van der Waals surface area contributed by atoms with Crippen LogP contribution in [-0.2, 0) is 6.42 Å². The van der Waals surface area contributed by atoms with Crippen molar-refractivity contribution in [3.8, 4) is 11.5 Å². The van der Waals surface area contributed by atoms with Crippen LogP contribution in [-0.4, -0.2) is 26.8 Å². The van der Waals surface area contributed by atoms with Crippen molar-refractivity contribution in [3.63, 3.8) is 0 Å². The van der Waals surface area contributed by atoms with Crippen LogP contribution in [0.4, 0.5) is 0 Å². The summed E-state index contributed by atoms with van der Waals surface area (Å²) >= 11 is 3.64. The average molecular weight is 344 g/mol. The zero-order chi connectivity index (χ0) is 14.8. The lowest BCUT2D eigenvalue weighted by Gasteiger charge is -2.14. The number of hydrogen-bond acceptors (Lipinski definition) is 3. The van der Waals surface area contributed by atoms with E-state index in [0.29, 0.717) is 13.2 Å². The van der Waals surface area contributed by atoms with E-state index >= 15 is 0 Å². The van der Waals surface area contributed by atoms with Crippen molar-refractivity contribution < 1.29 is 9.47 Å². The van der Waals surface area contributed by atoms with Crippen molar-refractivity contribution in [1.29, 1.82) is 0 Å². The number of hydrogen-bond donors (Lipinski definition) is 1. The molecular formula is C16H26BrNO2. The lowest BCUT2D eigenvalue weighted by Crippen LogP contribution is -2.07. The first-order chi connectivity index (χ1) is 9.72. The molecular weight excluding hydrogens is 318 g/mol. The van der Waals surface area contributed by atoms with Gasteiger partial charge in [-0.3, -0.25) is 0 Å². The molecule has 0 spiro atoms. The monoisotopic (exact) mass is 343 g/mol. The van der Waals surface area contributed by atoms with Crippen molar-refractivity contribution in [2.45, 2.75) is 39.5 Å². The van der Waals surface area contributed by atoms with Gasteiger partial charge < -0.3 is 14.8 Å². The van der Waals surface area contributed by atoms with E-state index in [2.05, 4.69) is 27.3 Å². The third-order valence-corrected chi connectivity index (χ3v) is 3.82. The summed E-state index contributed by atoms with van der Waals surface area (Å²) in [7, 11) is 2.00. The van der Waals surface area contributed by atoms with Gasteiger partial charge in [-0.25, -0.2) is 0 Å². The second-order valence-corrected chi connectivity index (χ2v) is 5.52. The van der Waals surface area contributed by atoms with Crippen LogP contribution in [0.2, 0.25) is 0 Å². The maximum atomic E-state index is 5.67. The molecule has 1 N–H and O–H groups in total. The fourth-order valence-corrected chi connectivity index (χ4v) is 2.62. The van der Waals surface area contributed by atoms with Gasteiger partial charge in [-0.1, -0.05) is 22.4 Å². The Morgan fingerprint density at radius 1 is 1.00 bits per heavy atom. The fraction of sp³-hybridized carbons (Fsp3) is 0.625. The number of benzene rings is 1. The molecule has 20 heavy (non-hydrogen) atoms. The molecule has 0 aliphatic carbocycles. The maximum Gasteiger partial charge on any atom is 0.162 e. The summed E-state index contributed by atoms with van der Waals surface area (Å²) in [5.41, 5.74) is 1.29. The van der Waals surface area contributed by atoms with Gasteiger partial charge in [0.1, 0.15) is 0 Å². The highest BCUT2D eigenvalue weighted by atomic mass is 79.9. The molecule has 0 heterocycles. The zero-order valence-corrected chi connectivity index (χ0v) is 14.4. The molecule has 0 atom stereocenters. The minimum absolute atomic E-state index is 0.649. The molecule has 1 rings (SSSR count). The predicted octanol–water partition coefficient (Wildman–Crippen LogP) is 4.18. The lowest BCUT2D eigenvalue weighted by atomic mass is 10.1. The smallest absolute Gasteiger partial charge is 0.162 e. The normalized spacial score (nSPS) is 10.6. The Bertz CT molecular complexity index is 396. The van der Waals surface area contributed by atoms with Crippen LogP contribution in [0, 0.1) is 0 Å². The third kappa shape index (κ3) is 5.71. The molecule has 0 aliphatic heterocycles. The van der Waals surface area contributed by atoms with Crippen molar-refractivity contribution in [2.24, 2.45) is 0 Å². The van der Waals surface area contributed by atoms with Crippen LogP contribution in [0.1, 0.15) is 38.7 Å². The van der Waals surface area contributed by atoms with E-state index in [0.717, 1.165) is 28.9 Å². The van der Waals surface area contributed by atoms with Gasteiger partial charge in [0, 0.05) is 4.47 Å². The summed E-state index contributed by atoms with van der Waals surface area (Å²) < 4.78 is 12.4. The summed E-state index contributed by atoms with van der Waals surface area (Å²) in [6.45, 7) is 6.38. The van der Waals surface area contributed by atoms with Gasteiger partial charge in [0.15, 0.2) is 11.5 Å². The second kappa shape index (κ2) is 10.1. The molecule has 1 aromatic carbocycles. The molecule has 0 radical (unpaired) electrons. The molecule has 0 bridgehead atoms. The van der Waals surface area contributed by atoms with Crippen LogP contribution >= 0.6 is 15.9 Å². The van der Waals surface area contributed by atoms with E-state index < -0.39 is 0 Å². The molecule has 0 aromatic heterocycles. The van der Waals surface area contributed by atoms with Gasteiger partial charge in [0.2, 0.25) is 0 Å². The molecule has 0 unspecified atom stereocenters. The quantitative estimate of drug-likeness (QED) is 0.646. The van der Waals surface area contributed by atoms with Crippen LogP contribution in [0.5, 0.6) is 11.5 Å². The number of aryl methyl sites for hydroxylation is 1. The maximum absolute atomic E-state index is 5.67. The van der Waals surface area contributed by atoms with Crippen molar-refractivity contribution in [2.75, 3.05) is 26.8 Å². The predicted molar refractivity (Wildman–Crippen MR) is 88.0 cm³/mol. The van der Waals surface area contributed by atoms with Crippen molar-refractivity contribution in [1.82, 2.24) is 5.32 Å². The summed E-state index contributed by atoms with van der Waals surface area (Å²) in [4.78, 5) is 0. The molecule has 0 saturated heterocycles. The van der Waals surface area contributed by atoms with E-state index in [4.69, 9.17) is 9.47 Å². The number of ether oxygens (including phenoxy) is 2. The molecule has 4 heteroatoms. The van der Waals surface area contributed by atoms with Crippen LogP contribution < -0.4 is 14.8 Å². The summed E-state index contributed by atoms with van der Waals surface area (Å²) in [5, 5.41) is 3.18. The minimum Gasteiger partial charge on any atom is -0.490 e.